The van der Waals surface area contributed by atoms with Gasteiger partial charge in [-0.2, -0.15) is 18.2 Å². The van der Waals surface area contributed by atoms with Gasteiger partial charge in [0.1, 0.15) is 18.2 Å². The van der Waals surface area contributed by atoms with Gasteiger partial charge in [0.05, 0.1) is 27.3 Å². The summed E-state index contributed by atoms with van der Waals surface area (Å²) in [6.07, 6.45) is 3.76. The molecule has 1 aromatic heterocycles. The zero-order valence-corrected chi connectivity index (χ0v) is 24.0. The van der Waals surface area contributed by atoms with Crippen LogP contribution in [0.5, 0.6) is 5.75 Å². The van der Waals surface area contributed by atoms with E-state index in [9.17, 15) is 21.6 Å². The molecule has 3 heterocycles. The molecule has 9 nitrogen and oxygen atoms in total. The Morgan fingerprint density at radius 1 is 1.10 bits per heavy atom. The third-order valence-electron chi connectivity index (χ3n) is 6.97. The van der Waals surface area contributed by atoms with Gasteiger partial charge in [0, 0.05) is 24.5 Å². The molecule has 0 aliphatic carbocycles. The molecule has 5 rings (SSSR count). The Morgan fingerprint density at radius 3 is 2.60 bits per heavy atom. The number of para-hydroxylation sites is 1. The maximum atomic E-state index is 13.2. The smallest absolute Gasteiger partial charge is 0.489 e. The molecule has 0 saturated carbocycles. The average molecular weight is 642 g/mol. The van der Waals surface area contributed by atoms with E-state index in [2.05, 4.69) is 53.4 Å². The zero-order chi connectivity index (χ0) is 28.5. The van der Waals surface area contributed by atoms with Gasteiger partial charge in [-0.1, -0.05) is 12.1 Å². The van der Waals surface area contributed by atoms with E-state index in [0.717, 1.165) is 43.7 Å². The summed E-state index contributed by atoms with van der Waals surface area (Å²) in [4.78, 5) is 12.4. The fourth-order valence-electron chi connectivity index (χ4n) is 4.80. The number of fused-ring (bicyclic) bond motifs is 1. The number of benzene rings is 2. The number of piperidine rings is 1. The van der Waals surface area contributed by atoms with E-state index < -0.39 is 20.2 Å². The number of nitrogens with zero attached hydrogens (tertiary/aromatic N) is 4. The van der Waals surface area contributed by atoms with E-state index in [1.165, 1.54) is 37.2 Å². The Morgan fingerprint density at radius 2 is 1.85 bits per heavy atom. The number of anilines is 5. The van der Waals surface area contributed by atoms with Crippen molar-refractivity contribution in [2.24, 2.45) is 5.92 Å². The molecule has 0 atom stereocenters. The highest BCUT2D eigenvalue weighted by Crippen LogP contribution is 2.38. The van der Waals surface area contributed by atoms with E-state index in [0.29, 0.717) is 22.7 Å². The molecule has 2 aliphatic heterocycles. The minimum absolute atomic E-state index is 0.0841. The zero-order valence-electron chi connectivity index (χ0n) is 21.6. The molecule has 214 valence electrons. The first-order valence-electron chi connectivity index (χ1n) is 12.7. The van der Waals surface area contributed by atoms with Gasteiger partial charge in [-0.15, -0.1) is 0 Å². The summed E-state index contributed by atoms with van der Waals surface area (Å²) in [5.41, 5.74) is -4.03. The van der Waals surface area contributed by atoms with Crippen LogP contribution in [0.4, 0.5) is 42.0 Å². The average Bonchev–Trinajstić information content (AvgIpc) is 2.91. The quantitative estimate of drug-likeness (QED) is 0.344. The molecule has 40 heavy (non-hydrogen) atoms. The largest absolute Gasteiger partial charge is 0.501 e. The highest BCUT2D eigenvalue weighted by atomic mass is 79.9. The van der Waals surface area contributed by atoms with Gasteiger partial charge < -0.3 is 25.2 Å². The number of alkyl halides is 3. The predicted octanol–water partition coefficient (Wildman–Crippen LogP) is 5.56. The Balaban J connectivity index is 1.33. The van der Waals surface area contributed by atoms with Crippen molar-refractivity contribution in [1.29, 1.82) is 0 Å². The maximum absolute atomic E-state index is 13.2. The van der Waals surface area contributed by atoms with Crippen LogP contribution in [0.25, 0.3) is 0 Å². The lowest BCUT2D eigenvalue weighted by molar-refractivity contribution is -0.0435. The highest BCUT2D eigenvalue weighted by Gasteiger charge is 2.48. The molecular formula is C26H28BrF3N6O3S. The molecule has 3 aromatic rings. The summed E-state index contributed by atoms with van der Waals surface area (Å²) in [5.74, 6) is 1.62. The number of aromatic nitrogens is 2. The summed E-state index contributed by atoms with van der Waals surface area (Å²) >= 11 is 3.27. The van der Waals surface area contributed by atoms with Crippen molar-refractivity contribution in [3.8, 4) is 5.75 Å². The van der Waals surface area contributed by atoms with E-state index in [1.54, 1.807) is 0 Å². The number of hydrogen-bond donors (Lipinski definition) is 2. The molecule has 14 heteroatoms. The molecule has 2 aromatic carbocycles. The number of hydrogen-bond acceptors (Lipinski definition) is 9. The standard InChI is InChI=1S/C26H28BrF3N6O3S/c1-35-10-8-17(9-11-35)16-36-12-13-39-22-14-18(6-7-21(22)36)32-25-31-15-19(27)24(34-25)33-20-4-2-3-5-23(20)40(37,38)26(28,29)30/h2-7,14-15,17H,8-13,16H2,1H3,(H2,31,32,33,34). The van der Waals surface area contributed by atoms with Crippen LogP contribution in [-0.4, -0.2) is 68.6 Å². The van der Waals surface area contributed by atoms with Crippen LogP contribution in [0.1, 0.15) is 12.8 Å². The fourth-order valence-corrected chi connectivity index (χ4v) is 6.01. The normalized spacial score (nSPS) is 16.8. The number of sulfone groups is 1. The van der Waals surface area contributed by atoms with Gasteiger partial charge >= 0.3 is 5.51 Å². The molecule has 1 saturated heterocycles. The molecule has 2 aliphatic rings. The number of halogens is 4. The van der Waals surface area contributed by atoms with Crippen LogP contribution >= 0.6 is 15.9 Å². The Labute approximate surface area is 238 Å². The monoisotopic (exact) mass is 640 g/mol. The van der Waals surface area contributed by atoms with E-state index in [1.807, 2.05) is 18.2 Å². The lowest BCUT2D eigenvalue weighted by Gasteiger charge is -2.37. The van der Waals surface area contributed by atoms with E-state index in [-0.39, 0.29) is 17.5 Å². The molecule has 0 spiro atoms. The predicted molar refractivity (Wildman–Crippen MR) is 150 cm³/mol. The lowest BCUT2D eigenvalue weighted by atomic mass is 9.96. The first-order valence-corrected chi connectivity index (χ1v) is 15.0. The molecule has 0 amide bonds. The summed E-state index contributed by atoms with van der Waals surface area (Å²) < 4.78 is 70.1. The highest BCUT2D eigenvalue weighted by molar-refractivity contribution is 9.10. The van der Waals surface area contributed by atoms with Crippen molar-refractivity contribution in [1.82, 2.24) is 14.9 Å². The lowest BCUT2D eigenvalue weighted by Crippen LogP contribution is -2.40. The second kappa shape index (κ2) is 11.4. The van der Waals surface area contributed by atoms with Gasteiger partial charge in [-0.25, -0.2) is 13.4 Å². The molecule has 0 bridgehead atoms. The van der Waals surface area contributed by atoms with Gasteiger partial charge in [-0.05, 0) is 79.1 Å². The summed E-state index contributed by atoms with van der Waals surface area (Å²) in [5, 5.41) is 5.78. The van der Waals surface area contributed by atoms with Crippen LogP contribution in [0.15, 0.2) is 58.0 Å². The Bertz CT molecular complexity index is 1480. The van der Waals surface area contributed by atoms with Crippen molar-refractivity contribution in [2.45, 2.75) is 23.2 Å². The third-order valence-corrected chi connectivity index (χ3v) is 9.10. The second-order valence-corrected chi connectivity index (χ2v) is 12.6. The van der Waals surface area contributed by atoms with Gasteiger partial charge in [0.15, 0.2) is 0 Å². The minimum Gasteiger partial charge on any atom is -0.489 e. The van der Waals surface area contributed by atoms with Crippen molar-refractivity contribution in [3.63, 3.8) is 0 Å². The Hall–Kier alpha value is -3.10. The summed E-state index contributed by atoms with van der Waals surface area (Å²) in [6, 6.07) is 10.5. The maximum Gasteiger partial charge on any atom is 0.501 e. The number of likely N-dealkylation sites (tertiary alicyclic amines) is 1. The van der Waals surface area contributed by atoms with Crippen LogP contribution in [0, 0.1) is 5.92 Å². The van der Waals surface area contributed by atoms with Crippen molar-refractivity contribution >= 4 is 54.6 Å². The number of rotatable bonds is 7. The summed E-state index contributed by atoms with van der Waals surface area (Å²) in [7, 11) is -3.43. The van der Waals surface area contributed by atoms with Crippen LogP contribution in [0.2, 0.25) is 0 Å². The van der Waals surface area contributed by atoms with Crippen LogP contribution in [0.3, 0.4) is 0 Å². The SMILES string of the molecule is CN1CCC(CN2CCOc3cc(Nc4ncc(Br)c(Nc5ccccc5S(=O)(=O)C(F)(F)F)n4)ccc32)CC1. The molecule has 1 fully saturated rings. The molecule has 0 radical (unpaired) electrons. The second-order valence-electron chi connectivity index (χ2n) is 9.81. The van der Waals surface area contributed by atoms with Crippen molar-refractivity contribution in [3.05, 3.63) is 53.1 Å². The fraction of sp³-hybridized carbons (Fsp3) is 0.385. The van der Waals surface area contributed by atoms with Crippen molar-refractivity contribution in [2.75, 3.05) is 55.4 Å². The molecular weight excluding hydrogens is 613 g/mol. The van der Waals surface area contributed by atoms with Gasteiger partial charge in [0.25, 0.3) is 9.84 Å². The third kappa shape index (κ3) is 6.13. The minimum atomic E-state index is -5.58. The number of ether oxygens (including phenoxy) is 1. The van der Waals surface area contributed by atoms with Crippen LogP contribution in [-0.2, 0) is 9.84 Å². The number of nitrogens with one attached hydrogen (secondary N) is 2. The first-order chi connectivity index (χ1) is 19.0. The van der Waals surface area contributed by atoms with E-state index in [4.69, 9.17) is 4.74 Å². The molecule has 2 N–H and O–H groups in total. The Kier molecular flexibility index (Phi) is 8.11. The molecule has 0 unspecified atom stereocenters. The summed E-state index contributed by atoms with van der Waals surface area (Å²) in [6.45, 7) is 4.60. The van der Waals surface area contributed by atoms with Crippen LogP contribution < -0.4 is 20.3 Å². The topological polar surface area (TPSA) is 99.7 Å². The van der Waals surface area contributed by atoms with E-state index >= 15 is 0 Å². The van der Waals surface area contributed by atoms with Gasteiger partial charge in [-0.3, -0.25) is 0 Å². The van der Waals surface area contributed by atoms with Gasteiger partial charge in [0.2, 0.25) is 5.95 Å². The van der Waals surface area contributed by atoms with Crippen molar-refractivity contribution < 1.29 is 26.3 Å². The first kappa shape index (κ1) is 28.4.